The minimum atomic E-state index is -0.297. The van der Waals surface area contributed by atoms with Gasteiger partial charge in [0.05, 0.1) is 6.04 Å². The molecule has 1 atom stereocenters. The highest BCUT2D eigenvalue weighted by Gasteiger charge is 2.15. The molecule has 3 N–H and O–H groups in total. The summed E-state index contributed by atoms with van der Waals surface area (Å²) >= 11 is 3.33. The Morgan fingerprint density at radius 3 is 2.74 bits per heavy atom. The Balaban J connectivity index is 2.22. The summed E-state index contributed by atoms with van der Waals surface area (Å²) in [5, 5.41) is 0. The van der Waals surface area contributed by atoms with Crippen LogP contribution in [0.25, 0.3) is 0 Å². The number of nitrogens with one attached hydrogen (secondary N) is 1. The van der Waals surface area contributed by atoms with Crippen LogP contribution in [-0.4, -0.2) is 4.98 Å². The van der Waals surface area contributed by atoms with E-state index in [0.29, 0.717) is 12.0 Å². The number of hydrazine groups is 1. The minimum absolute atomic E-state index is 0.250. The van der Waals surface area contributed by atoms with Gasteiger partial charge in [0.2, 0.25) is 0 Å². The van der Waals surface area contributed by atoms with Crippen LogP contribution in [0.4, 0.5) is 4.39 Å². The van der Waals surface area contributed by atoms with Crippen molar-refractivity contribution in [2.75, 3.05) is 0 Å². The third-order valence-corrected chi connectivity index (χ3v) is 3.40. The molecular weight excluding hydrogens is 309 g/mol. The summed E-state index contributed by atoms with van der Waals surface area (Å²) < 4.78 is 14.8. The van der Waals surface area contributed by atoms with E-state index >= 15 is 0 Å². The predicted molar refractivity (Wildman–Crippen MR) is 76.8 cm³/mol. The summed E-state index contributed by atoms with van der Waals surface area (Å²) in [6.07, 6.45) is 2.25. The standard InChI is InChI=1S/C14H15BrFN3/c1-9-2-5-12(13(16)6-9)14(19-17)7-11-4-3-10(15)8-18-11/h2-6,8,14,19H,7,17H2,1H3. The maximum absolute atomic E-state index is 13.9. The second kappa shape index (κ2) is 6.23. The Morgan fingerprint density at radius 1 is 1.37 bits per heavy atom. The highest BCUT2D eigenvalue weighted by Crippen LogP contribution is 2.21. The van der Waals surface area contributed by atoms with Crippen LogP contribution in [0.3, 0.4) is 0 Å². The normalized spacial score (nSPS) is 12.4. The summed E-state index contributed by atoms with van der Waals surface area (Å²) in [5.41, 5.74) is 4.94. The van der Waals surface area contributed by atoms with E-state index in [4.69, 9.17) is 5.84 Å². The van der Waals surface area contributed by atoms with Crippen LogP contribution in [0.1, 0.15) is 22.9 Å². The van der Waals surface area contributed by atoms with Crippen molar-refractivity contribution < 1.29 is 4.39 Å². The Bertz CT molecular complexity index is 557. The van der Waals surface area contributed by atoms with Gasteiger partial charge in [-0.1, -0.05) is 12.1 Å². The molecule has 1 heterocycles. The molecule has 2 rings (SSSR count). The fourth-order valence-corrected chi connectivity index (χ4v) is 2.14. The second-order valence-corrected chi connectivity index (χ2v) is 5.33. The lowest BCUT2D eigenvalue weighted by atomic mass is 10.0. The quantitative estimate of drug-likeness (QED) is 0.671. The molecule has 0 radical (unpaired) electrons. The SMILES string of the molecule is Cc1ccc(C(Cc2ccc(Br)cn2)NN)c(F)c1. The molecule has 5 heteroatoms. The van der Waals surface area contributed by atoms with Crippen LogP contribution >= 0.6 is 15.9 Å². The summed E-state index contributed by atoms with van der Waals surface area (Å²) in [5.74, 6) is 5.29. The predicted octanol–water partition coefficient (Wildman–Crippen LogP) is 3.04. The van der Waals surface area contributed by atoms with Gasteiger partial charge in [0.1, 0.15) is 5.82 Å². The number of halogens is 2. The monoisotopic (exact) mass is 323 g/mol. The zero-order chi connectivity index (χ0) is 13.8. The van der Waals surface area contributed by atoms with E-state index in [-0.39, 0.29) is 11.9 Å². The summed E-state index contributed by atoms with van der Waals surface area (Å²) in [6.45, 7) is 1.86. The van der Waals surface area contributed by atoms with E-state index in [2.05, 4.69) is 26.3 Å². The lowest BCUT2D eigenvalue weighted by Crippen LogP contribution is -2.30. The van der Waals surface area contributed by atoms with E-state index in [0.717, 1.165) is 15.7 Å². The zero-order valence-corrected chi connectivity index (χ0v) is 12.1. The molecule has 0 aliphatic carbocycles. The van der Waals surface area contributed by atoms with Crippen molar-refractivity contribution in [2.45, 2.75) is 19.4 Å². The van der Waals surface area contributed by atoms with E-state index in [9.17, 15) is 4.39 Å². The number of nitrogens with two attached hydrogens (primary N) is 1. The van der Waals surface area contributed by atoms with E-state index in [1.54, 1.807) is 12.3 Å². The zero-order valence-electron chi connectivity index (χ0n) is 10.5. The molecule has 0 spiro atoms. The Morgan fingerprint density at radius 2 is 2.16 bits per heavy atom. The molecule has 0 amide bonds. The molecule has 0 aliphatic heterocycles. The fraction of sp³-hybridized carbons (Fsp3) is 0.214. The van der Waals surface area contributed by atoms with E-state index < -0.39 is 0 Å². The van der Waals surface area contributed by atoms with Gasteiger partial charge in [0, 0.05) is 28.3 Å². The lowest BCUT2D eigenvalue weighted by Gasteiger charge is -2.17. The van der Waals surface area contributed by atoms with Gasteiger partial charge in [0.25, 0.3) is 0 Å². The number of pyridine rings is 1. The van der Waals surface area contributed by atoms with Crippen molar-refractivity contribution in [1.82, 2.24) is 10.4 Å². The largest absolute Gasteiger partial charge is 0.271 e. The number of aryl methyl sites for hydroxylation is 1. The third-order valence-electron chi connectivity index (χ3n) is 2.93. The molecule has 0 aliphatic rings. The molecule has 3 nitrogen and oxygen atoms in total. The summed E-state index contributed by atoms with van der Waals surface area (Å²) in [4.78, 5) is 4.27. The van der Waals surface area contributed by atoms with Crippen LogP contribution in [0.15, 0.2) is 41.0 Å². The summed E-state index contributed by atoms with van der Waals surface area (Å²) in [7, 11) is 0. The molecule has 0 bridgehead atoms. The van der Waals surface area contributed by atoms with Crippen molar-refractivity contribution in [2.24, 2.45) is 5.84 Å². The molecule has 100 valence electrons. The van der Waals surface area contributed by atoms with Gasteiger partial charge in [-0.15, -0.1) is 0 Å². The molecule has 1 aromatic heterocycles. The average molecular weight is 324 g/mol. The molecule has 1 unspecified atom stereocenters. The minimum Gasteiger partial charge on any atom is -0.271 e. The van der Waals surface area contributed by atoms with Gasteiger partial charge in [0.15, 0.2) is 0 Å². The van der Waals surface area contributed by atoms with Gasteiger partial charge in [-0.05, 0) is 46.6 Å². The van der Waals surface area contributed by atoms with Gasteiger partial charge in [-0.3, -0.25) is 16.3 Å². The van der Waals surface area contributed by atoms with Crippen molar-refractivity contribution in [3.05, 3.63) is 63.6 Å². The topological polar surface area (TPSA) is 50.9 Å². The maximum Gasteiger partial charge on any atom is 0.128 e. The van der Waals surface area contributed by atoms with Crippen molar-refractivity contribution >= 4 is 15.9 Å². The Labute approximate surface area is 120 Å². The van der Waals surface area contributed by atoms with E-state index in [1.165, 1.54) is 6.07 Å². The number of benzene rings is 1. The fourth-order valence-electron chi connectivity index (χ4n) is 1.91. The Hall–Kier alpha value is -1.30. The molecule has 0 fully saturated rings. The number of hydrogen-bond donors (Lipinski definition) is 2. The van der Waals surface area contributed by atoms with Gasteiger partial charge in [-0.2, -0.15) is 0 Å². The van der Waals surface area contributed by atoms with Crippen LogP contribution < -0.4 is 11.3 Å². The smallest absolute Gasteiger partial charge is 0.128 e. The first-order valence-electron chi connectivity index (χ1n) is 5.92. The first-order chi connectivity index (χ1) is 9.10. The molecular formula is C14H15BrFN3. The average Bonchev–Trinajstić information content (AvgIpc) is 2.39. The molecule has 0 saturated carbocycles. The number of nitrogens with zero attached hydrogens (tertiary/aromatic N) is 1. The number of rotatable bonds is 4. The number of hydrogen-bond acceptors (Lipinski definition) is 3. The molecule has 2 aromatic rings. The number of aromatic nitrogens is 1. The lowest BCUT2D eigenvalue weighted by molar-refractivity contribution is 0.506. The second-order valence-electron chi connectivity index (χ2n) is 4.42. The van der Waals surface area contributed by atoms with Crippen LogP contribution in [-0.2, 0) is 6.42 Å². The first kappa shape index (κ1) is 14.1. The van der Waals surface area contributed by atoms with Crippen molar-refractivity contribution in [1.29, 1.82) is 0 Å². The van der Waals surface area contributed by atoms with E-state index in [1.807, 2.05) is 25.1 Å². The van der Waals surface area contributed by atoms with Gasteiger partial charge in [-0.25, -0.2) is 4.39 Å². The molecule has 0 saturated heterocycles. The van der Waals surface area contributed by atoms with Crippen molar-refractivity contribution in [3.63, 3.8) is 0 Å². The van der Waals surface area contributed by atoms with Gasteiger partial charge < -0.3 is 0 Å². The highest BCUT2D eigenvalue weighted by molar-refractivity contribution is 9.10. The maximum atomic E-state index is 13.9. The highest BCUT2D eigenvalue weighted by atomic mass is 79.9. The van der Waals surface area contributed by atoms with Crippen LogP contribution in [0, 0.1) is 12.7 Å². The molecule has 19 heavy (non-hydrogen) atoms. The van der Waals surface area contributed by atoms with Crippen LogP contribution in [0.5, 0.6) is 0 Å². The molecule has 1 aromatic carbocycles. The van der Waals surface area contributed by atoms with Crippen molar-refractivity contribution in [3.8, 4) is 0 Å². The Kier molecular flexibility index (Phi) is 4.63. The first-order valence-corrected chi connectivity index (χ1v) is 6.72. The van der Waals surface area contributed by atoms with Crippen LogP contribution in [0.2, 0.25) is 0 Å². The summed E-state index contributed by atoms with van der Waals surface area (Å²) in [6, 6.07) is 8.64. The third kappa shape index (κ3) is 3.59. The van der Waals surface area contributed by atoms with Gasteiger partial charge >= 0.3 is 0 Å².